The molecule has 31 heavy (non-hydrogen) atoms. The van der Waals surface area contributed by atoms with Crippen molar-refractivity contribution in [3.8, 4) is 5.75 Å². The van der Waals surface area contributed by atoms with Gasteiger partial charge in [-0.15, -0.1) is 0 Å². The number of fused-ring (bicyclic) bond motifs is 1. The molecule has 5 nitrogen and oxygen atoms in total. The first-order valence-electron chi connectivity index (χ1n) is 10.9. The molecule has 166 valence electrons. The third-order valence-electron chi connectivity index (χ3n) is 7.01. The smallest absolute Gasteiger partial charge is 0.165 e. The molecule has 0 bridgehead atoms. The SMILES string of the molecule is Cc1cc(C)c2c(c1O)C(N1CCN(c3cccc(Cl)c3)CC1C(=O)CN)C(C)(C)C2. The number of rotatable bonds is 4. The molecule has 0 radical (unpaired) electrons. The van der Waals surface area contributed by atoms with Gasteiger partial charge in [0.15, 0.2) is 5.78 Å². The topological polar surface area (TPSA) is 69.8 Å². The number of aromatic hydroxyl groups is 1. The number of halogens is 1. The number of hydrogen-bond donors (Lipinski definition) is 2. The lowest BCUT2D eigenvalue weighted by atomic mass is 9.82. The number of nitrogens with two attached hydrogens (primary N) is 1. The van der Waals surface area contributed by atoms with E-state index in [1.54, 1.807) is 0 Å². The fraction of sp³-hybridized carbons (Fsp3) is 0.480. The number of anilines is 1. The van der Waals surface area contributed by atoms with Crippen molar-refractivity contribution in [1.29, 1.82) is 0 Å². The van der Waals surface area contributed by atoms with E-state index in [4.69, 9.17) is 17.3 Å². The number of phenolic OH excluding ortho intramolecular Hbond substituents is 1. The largest absolute Gasteiger partial charge is 0.507 e. The highest BCUT2D eigenvalue weighted by Crippen LogP contribution is 2.54. The number of ketones is 1. The van der Waals surface area contributed by atoms with Gasteiger partial charge in [-0.25, -0.2) is 0 Å². The lowest BCUT2D eigenvalue weighted by Gasteiger charge is -2.48. The maximum atomic E-state index is 13.0. The van der Waals surface area contributed by atoms with E-state index in [1.807, 2.05) is 31.2 Å². The van der Waals surface area contributed by atoms with Crippen LogP contribution in [-0.2, 0) is 11.2 Å². The van der Waals surface area contributed by atoms with E-state index in [0.29, 0.717) is 23.9 Å². The van der Waals surface area contributed by atoms with Gasteiger partial charge < -0.3 is 15.7 Å². The van der Waals surface area contributed by atoms with E-state index < -0.39 is 0 Å². The summed E-state index contributed by atoms with van der Waals surface area (Å²) in [4.78, 5) is 17.5. The standard InChI is InChI=1S/C25H32ClN3O2/c1-15-10-16(2)23(31)22-19(15)12-25(3,4)24(22)29-9-8-28(14-20(29)21(30)13-27)18-7-5-6-17(26)11-18/h5-7,10-11,20,24,31H,8-9,12-14,27H2,1-4H3. The van der Waals surface area contributed by atoms with E-state index in [-0.39, 0.29) is 29.8 Å². The average Bonchev–Trinajstić information content (AvgIpc) is 3.02. The van der Waals surface area contributed by atoms with Gasteiger partial charge in [0.1, 0.15) is 5.75 Å². The molecule has 1 aliphatic carbocycles. The van der Waals surface area contributed by atoms with E-state index in [1.165, 1.54) is 11.1 Å². The molecular formula is C25H32ClN3O2. The predicted octanol–water partition coefficient (Wildman–Crippen LogP) is 4.00. The van der Waals surface area contributed by atoms with Gasteiger partial charge >= 0.3 is 0 Å². The minimum atomic E-state index is -0.340. The van der Waals surface area contributed by atoms with Crippen molar-refractivity contribution in [2.75, 3.05) is 31.1 Å². The number of Topliss-reactive ketones (excluding diaryl/α,β-unsaturated/α-hetero) is 1. The third kappa shape index (κ3) is 3.84. The molecular weight excluding hydrogens is 410 g/mol. The third-order valence-corrected chi connectivity index (χ3v) is 7.24. The first-order chi connectivity index (χ1) is 14.6. The summed E-state index contributed by atoms with van der Waals surface area (Å²) < 4.78 is 0. The number of carbonyl (C=O) groups excluding carboxylic acids is 1. The van der Waals surface area contributed by atoms with Crippen LogP contribution in [0.5, 0.6) is 5.75 Å². The van der Waals surface area contributed by atoms with E-state index in [2.05, 4.69) is 36.6 Å². The maximum absolute atomic E-state index is 13.0. The molecule has 0 aromatic heterocycles. The van der Waals surface area contributed by atoms with Crippen LogP contribution in [0.15, 0.2) is 30.3 Å². The molecule has 2 aromatic rings. The van der Waals surface area contributed by atoms with Crippen LogP contribution < -0.4 is 10.6 Å². The number of benzene rings is 2. The van der Waals surface area contributed by atoms with Gasteiger partial charge in [-0.05, 0) is 60.6 Å². The highest BCUT2D eigenvalue weighted by atomic mass is 35.5. The summed E-state index contributed by atoms with van der Waals surface area (Å²) in [6.45, 7) is 10.6. The molecule has 3 N–H and O–H groups in total. The molecule has 2 aliphatic rings. The van der Waals surface area contributed by atoms with Crippen molar-refractivity contribution in [1.82, 2.24) is 4.90 Å². The second kappa shape index (κ2) is 8.12. The molecule has 4 rings (SSSR count). The Bertz CT molecular complexity index is 1020. The molecule has 1 saturated heterocycles. The van der Waals surface area contributed by atoms with Crippen LogP contribution in [0.2, 0.25) is 5.02 Å². The molecule has 0 amide bonds. The van der Waals surface area contributed by atoms with Crippen molar-refractivity contribution in [3.63, 3.8) is 0 Å². The monoisotopic (exact) mass is 441 g/mol. The highest BCUT2D eigenvalue weighted by Gasteiger charge is 2.49. The van der Waals surface area contributed by atoms with Gasteiger partial charge in [0.25, 0.3) is 0 Å². The minimum absolute atomic E-state index is 0.00336. The normalized spacial score (nSPS) is 23.1. The first-order valence-corrected chi connectivity index (χ1v) is 11.3. The summed E-state index contributed by atoms with van der Waals surface area (Å²) in [7, 11) is 0. The van der Waals surface area contributed by atoms with Gasteiger partial charge in [0.05, 0.1) is 12.6 Å². The summed E-state index contributed by atoms with van der Waals surface area (Å²) in [6, 6.07) is 9.44. The second-order valence-electron chi connectivity index (χ2n) is 9.67. The number of carbonyl (C=O) groups is 1. The second-order valence-corrected chi connectivity index (χ2v) is 10.1. The van der Waals surface area contributed by atoms with Crippen LogP contribution in [0.25, 0.3) is 0 Å². The maximum Gasteiger partial charge on any atom is 0.165 e. The first kappa shape index (κ1) is 22.1. The van der Waals surface area contributed by atoms with Gasteiger partial charge in [-0.3, -0.25) is 9.69 Å². The number of piperazine rings is 1. The number of aryl methyl sites for hydroxylation is 2. The van der Waals surface area contributed by atoms with Crippen LogP contribution in [0.3, 0.4) is 0 Å². The van der Waals surface area contributed by atoms with Crippen LogP contribution >= 0.6 is 11.6 Å². The quantitative estimate of drug-likeness (QED) is 0.750. The summed E-state index contributed by atoms with van der Waals surface area (Å²) in [5, 5.41) is 11.7. The van der Waals surface area contributed by atoms with Crippen LogP contribution in [0.4, 0.5) is 5.69 Å². The Morgan fingerprint density at radius 1 is 1.23 bits per heavy atom. The summed E-state index contributed by atoms with van der Waals surface area (Å²) in [6.07, 6.45) is 0.880. The molecule has 6 heteroatoms. The molecule has 2 unspecified atom stereocenters. The minimum Gasteiger partial charge on any atom is -0.507 e. The molecule has 2 aromatic carbocycles. The number of hydrogen-bond acceptors (Lipinski definition) is 5. The molecule has 1 aliphatic heterocycles. The fourth-order valence-corrected chi connectivity index (χ4v) is 5.76. The van der Waals surface area contributed by atoms with Crippen molar-refractivity contribution >= 4 is 23.1 Å². The van der Waals surface area contributed by atoms with Crippen LogP contribution in [0, 0.1) is 19.3 Å². The summed E-state index contributed by atoms with van der Waals surface area (Å²) >= 11 is 6.21. The summed E-state index contributed by atoms with van der Waals surface area (Å²) in [5.41, 5.74) is 11.1. The zero-order valence-electron chi connectivity index (χ0n) is 18.8. The Hall–Kier alpha value is -2.08. The fourth-order valence-electron chi connectivity index (χ4n) is 5.57. The van der Waals surface area contributed by atoms with Crippen LogP contribution in [0.1, 0.15) is 42.1 Å². The molecule has 2 atom stereocenters. The van der Waals surface area contributed by atoms with E-state index >= 15 is 0 Å². The van der Waals surface area contributed by atoms with Crippen molar-refractivity contribution in [2.24, 2.45) is 11.1 Å². The van der Waals surface area contributed by atoms with E-state index in [9.17, 15) is 9.90 Å². The number of phenols is 1. The molecule has 1 fully saturated rings. The van der Waals surface area contributed by atoms with Gasteiger partial charge in [0.2, 0.25) is 0 Å². The number of nitrogens with zero attached hydrogens (tertiary/aromatic N) is 2. The highest BCUT2D eigenvalue weighted by molar-refractivity contribution is 6.30. The zero-order valence-corrected chi connectivity index (χ0v) is 19.5. The van der Waals surface area contributed by atoms with Gasteiger partial charge in [-0.2, -0.15) is 0 Å². The Morgan fingerprint density at radius 2 is 1.97 bits per heavy atom. The molecule has 0 saturated carbocycles. The Kier molecular flexibility index (Phi) is 5.80. The molecule has 0 spiro atoms. The molecule has 1 heterocycles. The summed E-state index contributed by atoms with van der Waals surface area (Å²) in [5.74, 6) is 0.396. The van der Waals surface area contributed by atoms with Crippen LogP contribution in [-0.4, -0.2) is 48.0 Å². The lowest BCUT2D eigenvalue weighted by molar-refractivity contribution is -0.125. The lowest BCUT2D eigenvalue weighted by Crippen LogP contribution is -2.59. The van der Waals surface area contributed by atoms with Crippen molar-refractivity contribution in [3.05, 3.63) is 57.6 Å². The van der Waals surface area contributed by atoms with Gasteiger partial charge in [-0.1, -0.05) is 37.6 Å². The Labute approximate surface area is 189 Å². The zero-order chi connectivity index (χ0) is 22.5. The predicted molar refractivity (Wildman–Crippen MR) is 126 cm³/mol. The van der Waals surface area contributed by atoms with E-state index in [0.717, 1.165) is 29.8 Å². The Balaban J connectivity index is 1.75. The van der Waals surface area contributed by atoms with Crippen molar-refractivity contribution < 1.29 is 9.90 Å². The van der Waals surface area contributed by atoms with Crippen molar-refractivity contribution in [2.45, 2.75) is 46.2 Å². The van der Waals surface area contributed by atoms with Gasteiger partial charge in [0, 0.05) is 41.9 Å². The Morgan fingerprint density at radius 3 is 2.65 bits per heavy atom. The average molecular weight is 442 g/mol.